The average molecular weight is 298 g/mol. The summed E-state index contributed by atoms with van der Waals surface area (Å²) in [4.78, 5) is 15.7. The molecular formula is C18H22N2O2. The van der Waals surface area contributed by atoms with Gasteiger partial charge in [-0.1, -0.05) is 0 Å². The first-order chi connectivity index (χ1) is 10.8. The number of pyridine rings is 1. The highest BCUT2D eigenvalue weighted by Crippen LogP contribution is 2.37. The van der Waals surface area contributed by atoms with Gasteiger partial charge in [0.25, 0.3) is 0 Å². The molecule has 0 saturated carbocycles. The van der Waals surface area contributed by atoms with E-state index >= 15 is 0 Å². The number of hydrogen-bond acceptors (Lipinski definition) is 4. The van der Waals surface area contributed by atoms with E-state index in [1.54, 1.807) is 7.11 Å². The van der Waals surface area contributed by atoms with Crippen molar-refractivity contribution >= 4 is 17.2 Å². The van der Waals surface area contributed by atoms with Crippen molar-refractivity contribution in [1.29, 1.82) is 0 Å². The maximum absolute atomic E-state index is 11.2. The summed E-state index contributed by atoms with van der Waals surface area (Å²) in [6.45, 7) is 2.07. The van der Waals surface area contributed by atoms with Gasteiger partial charge in [0.1, 0.15) is 12.0 Å². The average Bonchev–Trinajstić information content (AvgIpc) is 2.59. The van der Waals surface area contributed by atoms with Crippen LogP contribution in [-0.4, -0.2) is 31.5 Å². The van der Waals surface area contributed by atoms with Gasteiger partial charge in [0, 0.05) is 18.0 Å². The number of piperidine rings is 1. The normalized spacial score (nSPS) is 17.3. The van der Waals surface area contributed by atoms with Gasteiger partial charge >= 0.3 is 0 Å². The Kier molecular flexibility index (Phi) is 4.68. The van der Waals surface area contributed by atoms with Crippen LogP contribution in [0.4, 0.5) is 0 Å². The maximum atomic E-state index is 11.2. The zero-order chi connectivity index (χ0) is 15.4. The first kappa shape index (κ1) is 15.0. The Morgan fingerprint density at radius 2 is 2.18 bits per heavy atom. The van der Waals surface area contributed by atoms with Crippen molar-refractivity contribution in [3.63, 3.8) is 0 Å². The van der Waals surface area contributed by atoms with Gasteiger partial charge in [0.2, 0.25) is 0 Å². The largest absolute Gasteiger partial charge is 0.497 e. The molecule has 1 aromatic carbocycles. The number of benzene rings is 1. The molecule has 1 saturated heterocycles. The second-order valence-corrected chi connectivity index (χ2v) is 5.88. The fraction of sp³-hybridized carbons (Fsp3) is 0.444. The summed E-state index contributed by atoms with van der Waals surface area (Å²) in [6.07, 6.45) is 5.71. The minimum Gasteiger partial charge on any atom is -0.497 e. The molecule has 4 nitrogen and oxygen atoms in total. The van der Waals surface area contributed by atoms with Crippen molar-refractivity contribution < 1.29 is 9.53 Å². The van der Waals surface area contributed by atoms with E-state index in [9.17, 15) is 4.79 Å². The minimum absolute atomic E-state index is 0.261. The summed E-state index contributed by atoms with van der Waals surface area (Å²) in [5.74, 6) is 1.64. The lowest BCUT2D eigenvalue weighted by molar-refractivity contribution is -0.108. The number of carbonyl (C=O) groups excluding carboxylic acids is 1. The highest BCUT2D eigenvalue weighted by molar-refractivity contribution is 5.84. The molecule has 3 rings (SSSR count). The van der Waals surface area contributed by atoms with Gasteiger partial charge < -0.3 is 14.8 Å². The van der Waals surface area contributed by atoms with Crippen molar-refractivity contribution in [1.82, 2.24) is 10.3 Å². The number of methoxy groups -OCH3 is 1. The van der Waals surface area contributed by atoms with Crippen LogP contribution in [0.2, 0.25) is 0 Å². The Balaban J connectivity index is 2.05. The van der Waals surface area contributed by atoms with E-state index in [0.29, 0.717) is 12.3 Å². The van der Waals surface area contributed by atoms with E-state index in [-0.39, 0.29) is 5.92 Å². The van der Waals surface area contributed by atoms with Gasteiger partial charge in [-0.25, -0.2) is 0 Å². The van der Waals surface area contributed by atoms with Crippen LogP contribution in [0.15, 0.2) is 30.5 Å². The Bertz CT molecular complexity index is 651. The summed E-state index contributed by atoms with van der Waals surface area (Å²) in [5, 5.41) is 4.50. The number of nitrogens with one attached hydrogen (secondary N) is 1. The summed E-state index contributed by atoms with van der Waals surface area (Å²) in [6, 6.07) is 8.02. The van der Waals surface area contributed by atoms with E-state index in [2.05, 4.69) is 16.4 Å². The first-order valence-corrected chi connectivity index (χ1v) is 7.90. The van der Waals surface area contributed by atoms with Gasteiger partial charge in [-0.05, 0) is 67.6 Å². The lowest BCUT2D eigenvalue weighted by Crippen LogP contribution is -2.31. The first-order valence-electron chi connectivity index (χ1n) is 7.90. The van der Waals surface area contributed by atoms with Gasteiger partial charge in [-0.15, -0.1) is 0 Å². The molecule has 1 fully saturated rings. The van der Waals surface area contributed by atoms with Crippen LogP contribution in [0.1, 0.15) is 30.7 Å². The standard InChI is InChI=1S/C18H22N2O2/c1-22-14-2-3-18-17(12-14)16(6-10-20-18)15(7-11-21)13-4-8-19-9-5-13/h2-3,6,10-13,15,19H,4-5,7-9H2,1H3. The summed E-state index contributed by atoms with van der Waals surface area (Å²) in [5.41, 5.74) is 2.19. The number of nitrogens with zero attached hydrogens (tertiary/aromatic N) is 1. The van der Waals surface area contributed by atoms with Gasteiger partial charge in [0.05, 0.1) is 12.6 Å². The number of fused-ring (bicyclic) bond motifs is 1. The third-order valence-electron chi connectivity index (χ3n) is 4.68. The molecule has 1 aliphatic heterocycles. The molecule has 116 valence electrons. The number of ether oxygens (including phenoxy) is 1. The lowest BCUT2D eigenvalue weighted by Gasteiger charge is -2.30. The topological polar surface area (TPSA) is 51.2 Å². The fourth-order valence-corrected chi connectivity index (χ4v) is 3.52. The number of aromatic nitrogens is 1. The SMILES string of the molecule is COc1ccc2nccc(C(CC=O)C3CCNCC3)c2c1. The third-order valence-corrected chi connectivity index (χ3v) is 4.68. The number of rotatable bonds is 5. The molecule has 0 bridgehead atoms. The molecule has 1 unspecified atom stereocenters. The van der Waals surface area contributed by atoms with Crippen LogP contribution >= 0.6 is 0 Å². The fourth-order valence-electron chi connectivity index (χ4n) is 3.52. The molecule has 1 aromatic heterocycles. The van der Waals surface area contributed by atoms with Crippen LogP contribution in [0.5, 0.6) is 5.75 Å². The van der Waals surface area contributed by atoms with Crippen molar-refractivity contribution in [2.45, 2.75) is 25.2 Å². The molecule has 4 heteroatoms. The van der Waals surface area contributed by atoms with Crippen LogP contribution in [0.25, 0.3) is 10.9 Å². The van der Waals surface area contributed by atoms with Crippen LogP contribution < -0.4 is 10.1 Å². The summed E-state index contributed by atoms with van der Waals surface area (Å²) >= 11 is 0. The second-order valence-electron chi connectivity index (χ2n) is 5.88. The Morgan fingerprint density at radius 1 is 1.36 bits per heavy atom. The smallest absolute Gasteiger partial charge is 0.120 e. The van der Waals surface area contributed by atoms with Crippen molar-refractivity contribution in [3.05, 3.63) is 36.0 Å². The third kappa shape index (κ3) is 2.97. The van der Waals surface area contributed by atoms with Crippen molar-refractivity contribution in [2.24, 2.45) is 5.92 Å². The molecule has 0 amide bonds. The molecule has 2 aromatic rings. The molecule has 22 heavy (non-hydrogen) atoms. The van der Waals surface area contributed by atoms with Crippen LogP contribution in [-0.2, 0) is 4.79 Å². The van der Waals surface area contributed by atoms with Crippen LogP contribution in [0.3, 0.4) is 0 Å². The molecule has 0 aliphatic carbocycles. The van der Waals surface area contributed by atoms with E-state index in [0.717, 1.165) is 48.9 Å². The summed E-state index contributed by atoms with van der Waals surface area (Å²) < 4.78 is 5.36. The van der Waals surface area contributed by atoms with E-state index in [4.69, 9.17) is 4.74 Å². The predicted molar refractivity (Wildman–Crippen MR) is 87.3 cm³/mol. The number of aldehydes is 1. The van der Waals surface area contributed by atoms with Gasteiger partial charge in [-0.3, -0.25) is 4.98 Å². The highest BCUT2D eigenvalue weighted by Gasteiger charge is 2.26. The van der Waals surface area contributed by atoms with E-state index < -0.39 is 0 Å². The molecule has 1 N–H and O–H groups in total. The number of carbonyl (C=O) groups is 1. The predicted octanol–water partition coefficient (Wildman–Crippen LogP) is 2.92. The Hall–Kier alpha value is -1.94. The number of hydrogen-bond donors (Lipinski definition) is 1. The molecule has 2 heterocycles. The Morgan fingerprint density at radius 3 is 2.91 bits per heavy atom. The molecular weight excluding hydrogens is 276 g/mol. The van der Waals surface area contributed by atoms with Crippen molar-refractivity contribution in [2.75, 3.05) is 20.2 Å². The zero-order valence-corrected chi connectivity index (χ0v) is 12.9. The summed E-state index contributed by atoms with van der Waals surface area (Å²) in [7, 11) is 1.67. The molecule has 0 spiro atoms. The quantitative estimate of drug-likeness (QED) is 0.862. The molecule has 1 atom stereocenters. The monoisotopic (exact) mass is 298 g/mol. The van der Waals surface area contributed by atoms with Crippen molar-refractivity contribution in [3.8, 4) is 5.75 Å². The van der Waals surface area contributed by atoms with Gasteiger partial charge in [-0.2, -0.15) is 0 Å². The minimum atomic E-state index is 0.261. The van der Waals surface area contributed by atoms with E-state index in [1.165, 1.54) is 5.56 Å². The molecule has 1 aliphatic rings. The second kappa shape index (κ2) is 6.88. The Labute approximate surface area is 130 Å². The molecule has 0 radical (unpaired) electrons. The van der Waals surface area contributed by atoms with Gasteiger partial charge in [0.15, 0.2) is 0 Å². The zero-order valence-electron chi connectivity index (χ0n) is 12.9. The van der Waals surface area contributed by atoms with E-state index in [1.807, 2.05) is 24.4 Å². The van der Waals surface area contributed by atoms with Crippen LogP contribution in [0, 0.1) is 5.92 Å². The maximum Gasteiger partial charge on any atom is 0.120 e. The highest BCUT2D eigenvalue weighted by atomic mass is 16.5. The lowest BCUT2D eigenvalue weighted by atomic mass is 9.78.